The highest BCUT2D eigenvalue weighted by atomic mass is 79.9. The van der Waals surface area contributed by atoms with E-state index in [1.54, 1.807) is 0 Å². The number of aryl methyl sites for hydroxylation is 1. The number of halogens is 1. The van der Waals surface area contributed by atoms with E-state index in [2.05, 4.69) is 31.2 Å². The molecule has 0 unspecified atom stereocenters. The fraction of sp³-hybridized carbons (Fsp3) is 0.636. The summed E-state index contributed by atoms with van der Waals surface area (Å²) in [7, 11) is 0. The first-order valence-corrected chi connectivity index (χ1v) is 6.31. The lowest BCUT2D eigenvalue weighted by Crippen LogP contribution is -2.23. The monoisotopic (exact) mass is 269 g/mol. The van der Waals surface area contributed by atoms with Crippen molar-refractivity contribution in [2.45, 2.75) is 45.1 Å². The zero-order chi connectivity index (χ0) is 10.7. The lowest BCUT2D eigenvalue weighted by atomic mass is 9.96. The van der Waals surface area contributed by atoms with Crippen molar-refractivity contribution in [3.8, 4) is 0 Å². The van der Waals surface area contributed by atoms with Crippen LogP contribution in [0.3, 0.4) is 0 Å². The standard InChI is InChI=1S/C11H16BrN3/c1-8-7-10(12)15-11(13-8)14-9-5-3-2-4-6-9/h7,9H,2-6H2,1H3,(H,13,14,15). The predicted molar refractivity (Wildman–Crippen MR) is 65.0 cm³/mol. The topological polar surface area (TPSA) is 37.8 Å². The molecule has 3 nitrogen and oxygen atoms in total. The number of hydrogen-bond donors (Lipinski definition) is 1. The van der Waals surface area contributed by atoms with Gasteiger partial charge in [-0.2, -0.15) is 0 Å². The second-order valence-electron chi connectivity index (χ2n) is 4.13. The Balaban J connectivity index is 2.02. The maximum atomic E-state index is 4.38. The van der Waals surface area contributed by atoms with Crippen LogP contribution in [0.4, 0.5) is 5.95 Å². The maximum Gasteiger partial charge on any atom is 0.224 e. The molecule has 1 aliphatic rings. The first kappa shape index (κ1) is 10.9. The Bertz CT molecular complexity index is 314. The Morgan fingerprint density at radius 3 is 2.67 bits per heavy atom. The number of rotatable bonds is 2. The number of aromatic nitrogens is 2. The summed E-state index contributed by atoms with van der Waals surface area (Å²) in [5, 5.41) is 3.41. The lowest BCUT2D eigenvalue weighted by molar-refractivity contribution is 0.460. The van der Waals surface area contributed by atoms with Gasteiger partial charge in [0.1, 0.15) is 4.60 Å². The van der Waals surface area contributed by atoms with Crippen LogP contribution in [0.25, 0.3) is 0 Å². The minimum absolute atomic E-state index is 0.562. The van der Waals surface area contributed by atoms with Gasteiger partial charge in [-0.1, -0.05) is 19.3 Å². The minimum Gasteiger partial charge on any atom is -0.351 e. The molecule has 4 heteroatoms. The maximum absolute atomic E-state index is 4.38. The Morgan fingerprint density at radius 2 is 2.00 bits per heavy atom. The van der Waals surface area contributed by atoms with Crippen LogP contribution < -0.4 is 5.32 Å². The predicted octanol–water partition coefficient (Wildman–Crippen LogP) is 3.29. The van der Waals surface area contributed by atoms with Crippen LogP contribution >= 0.6 is 15.9 Å². The molecular weight excluding hydrogens is 254 g/mol. The van der Waals surface area contributed by atoms with Gasteiger partial charge in [0.05, 0.1) is 0 Å². The molecule has 1 fully saturated rings. The van der Waals surface area contributed by atoms with Crippen LogP contribution in [0.1, 0.15) is 37.8 Å². The molecule has 1 aromatic heterocycles. The van der Waals surface area contributed by atoms with E-state index in [-0.39, 0.29) is 0 Å². The van der Waals surface area contributed by atoms with E-state index in [1.807, 2.05) is 13.0 Å². The van der Waals surface area contributed by atoms with E-state index < -0.39 is 0 Å². The van der Waals surface area contributed by atoms with Crippen molar-refractivity contribution in [1.82, 2.24) is 9.97 Å². The van der Waals surface area contributed by atoms with E-state index in [0.717, 1.165) is 16.2 Å². The normalized spacial score (nSPS) is 17.7. The summed E-state index contributed by atoms with van der Waals surface area (Å²) >= 11 is 3.39. The molecule has 2 rings (SSSR count). The van der Waals surface area contributed by atoms with Crippen molar-refractivity contribution in [3.63, 3.8) is 0 Å². The summed E-state index contributed by atoms with van der Waals surface area (Å²) < 4.78 is 0.855. The molecule has 1 N–H and O–H groups in total. The number of nitrogens with zero attached hydrogens (tertiary/aromatic N) is 2. The number of anilines is 1. The van der Waals surface area contributed by atoms with Crippen LogP contribution in [-0.4, -0.2) is 16.0 Å². The van der Waals surface area contributed by atoms with E-state index in [1.165, 1.54) is 32.1 Å². The third kappa shape index (κ3) is 3.16. The van der Waals surface area contributed by atoms with Crippen LogP contribution in [-0.2, 0) is 0 Å². The Labute approximate surface area is 98.8 Å². The van der Waals surface area contributed by atoms with Gasteiger partial charge in [-0.25, -0.2) is 9.97 Å². The molecule has 82 valence electrons. The Hall–Kier alpha value is -0.640. The first-order valence-electron chi connectivity index (χ1n) is 5.52. The van der Waals surface area contributed by atoms with Gasteiger partial charge >= 0.3 is 0 Å². The molecule has 0 radical (unpaired) electrons. The molecule has 0 spiro atoms. The highest BCUT2D eigenvalue weighted by Crippen LogP contribution is 2.20. The van der Waals surface area contributed by atoms with Gasteiger partial charge < -0.3 is 5.32 Å². The second kappa shape index (κ2) is 4.92. The molecule has 1 heterocycles. The van der Waals surface area contributed by atoms with Gasteiger partial charge in [-0.3, -0.25) is 0 Å². The lowest BCUT2D eigenvalue weighted by Gasteiger charge is -2.22. The molecule has 1 aliphatic carbocycles. The third-order valence-electron chi connectivity index (χ3n) is 2.76. The zero-order valence-electron chi connectivity index (χ0n) is 8.96. The van der Waals surface area contributed by atoms with Gasteiger partial charge in [0, 0.05) is 11.7 Å². The van der Waals surface area contributed by atoms with Gasteiger partial charge in [-0.15, -0.1) is 0 Å². The first-order chi connectivity index (χ1) is 7.24. The third-order valence-corrected chi connectivity index (χ3v) is 3.17. The summed E-state index contributed by atoms with van der Waals surface area (Å²) in [5.41, 5.74) is 0.996. The molecule has 0 saturated heterocycles. The molecular formula is C11H16BrN3. The molecule has 0 aliphatic heterocycles. The number of nitrogens with one attached hydrogen (secondary N) is 1. The van der Waals surface area contributed by atoms with E-state index in [4.69, 9.17) is 0 Å². The van der Waals surface area contributed by atoms with Crippen molar-refractivity contribution >= 4 is 21.9 Å². The summed E-state index contributed by atoms with van der Waals surface area (Å²) in [6, 6.07) is 2.49. The van der Waals surface area contributed by atoms with Crippen molar-refractivity contribution < 1.29 is 0 Å². The van der Waals surface area contributed by atoms with E-state index >= 15 is 0 Å². The van der Waals surface area contributed by atoms with E-state index in [9.17, 15) is 0 Å². The average Bonchev–Trinajstić information content (AvgIpc) is 2.17. The summed E-state index contributed by atoms with van der Waals surface area (Å²) in [4.78, 5) is 8.70. The summed E-state index contributed by atoms with van der Waals surface area (Å²) in [6.45, 7) is 1.98. The summed E-state index contributed by atoms with van der Waals surface area (Å²) in [6.07, 6.45) is 6.51. The van der Waals surface area contributed by atoms with Crippen LogP contribution in [0.15, 0.2) is 10.7 Å². The highest BCUT2D eigenvalue weighted by molar-refractivity contribution is 9.10. The Kier molecular flexibility index (Phi) is 3.57. The fourth-order valence-electron chi connectivity index (χ4n) is 2.02. The van der Waals surface area contributed by atoms with Gasteiger partial charge in [0.25, 0.3) is 0 Å². The van der Waals surface area contributed by atoms with Crippen molar-refractivity contribution in [2.24, 2.45) is 0 Å². The Morgan fingerprint density at radius 1 is 1.27 bits per heavy atom. The molecule has 0 aromatic carbocycles. The molecule has 1 saturated carbocycles. The highest BCUT2D eigenvalue weighted by Gasteiger charge is 2.14. The number of hydrogen-bond acceptors (Lipinski definition) is 3. The van der Waals surface area contributed by atoms with Crippen LogP contribution in [0.5, 0.6) is 0 Å². The zero-order valence-corrected chi connectivity index (χ0v) is 10.5. The van der Waals surface area contributed by atoms with Crippen LogP contribution in [0, 0.1) is 6.92 Å². The largest absolute Gasteiger partial charge is 0.351 e. The molecule has 1 aromatic rings. The van der Waals surface area contributed by atoms with Crippen molar-refractivity contribution in [2.75, 3.05) is 5.32 Å². The van der Waals surface area contributed by atoms with Gasteiger partial charge in [-0.05, 0) is 41.8 Å². The van der Waals surface area contributed by atoms with Crippen LogP contribution in [0.2, 0.25) is 0 Å². The SMILES string of the molecule is Cc1cc(Br)nc(NC2CCCCC2)n1. The van der Waals surface area contributed by atoms with Gasteiger partial charge in [0.2, 0.25) is 5.95 Å². The van der Waals surface area contributed by atoms with Gasteiger partial charge in [0.15, 0.2) is 0 Å². The minimum atomic E-state index is 0.562. The van der Waals surface area contributed by atoms with E-state index in [0.29, 0.717) is 6.04 Å². The second-order valence-corrected chi connectivity index (χ2v) is 4.95. The molecule has 0 bridgehead atoms. The average molecular weight is 270 g/mol. The molecule has 15 heavy (non-hydrogen) atoms. The fourth-order valence-corrected chi connectivity index (χ4v) is 2.52. The van der Waals surface area contributed by atoms with Crippen molar-refractivity contribution in [1.29, 1.82) is 0 Å². The summed E-state index contributed by atoms with van der Waals surface area (Å²) in [5.74, 6) is 0.758. The molecule has 0 amide bonds. The smallest absolute Gasteiger partial charge is 0.224 e. The van der Waals surface area contributed by atoms with Crippen molar-refractivity contribution in [3.05, 3.63) is 16.4 Å². The quantitative estimate of drug-likeness (QED) is 0.838. The molecule has 0 atom stereocenters.